The molecule has 210 valence electrons. The zero-order valence-electron chi connectivity index (χ0n) is 22.4. The summed E-state index contributed by atoms with van der Waals surface area (Å²) < 4.78 is 30.7. The predicted octanol–water partition coefficient (Wildman–Crippen LogP) is 6.62. The van der Waals surface area contributed by atoms with Crippen LogP contribution in [0.4, 0.5) is 0 Å². The minimum absolute atomic E-state index is 0.146. The predicted molar refractivity (Wildman–Crippen MR) is 159 cm³/mol. The normalized spacial score (nSPS) is 11.6. The van der Waals surface area contributed by atoms with E-state index in [0.717, 1.165) is 38.2 Å². The standard InChI is InChI=1S/C30H28N3O6PS/c1-21-28(41-30(31-21)23-9-5-3-6-10-23)20-38-26-14-13-22(17-27(26)37-2)19-39-29-24(15-16-40(34,35)36)18-33(32-29)25-11-7-4-8-12-25/h3-18H,19-20H2,1-2H3,(H2,34,35,36)/b16-15+. The Kier molecular flexibility index (Phi) is 8.66. The van der Waals surface area contributed by atoms with E-state index < -0.39 is 7.60 Å². The molecule has 0 radical (unpaired) electrons. The van der Waals surface area contributed by atoms with Gasteiger partial charge in [-0.2, -0.15) is 0 Å². The highest BCUT2D eigenvalue weighted by atomic mass is 32.1. The van der Waals surface area contributed by atoms with Gasteiger partial charge in [0.15, 0.2) is 11.5 Å². The van der Waals surface area contributed by atoms with Crippen LogP contribution in [0.1, 0.15) is 21.7 Å². The molecule has 0 spiro atoms. The van der Waals surface area contributed by atoms with Crippen LogP contribution >= 0.6 is 18.9 Å². The lowest BCUT2D eigenvalue weighted by molar-refractivity contribution is 0.280. The van der Waals surface area contributed by atoms with Crippen LogP contribution in [0.5, 0.6) is 17.4 Å². The average Bonchev–Trinajstić information content (AvgIpc) is 3.57. The third kappa shape index (κ3) is 7.31. The van der Waals surface area contributed by atoms with Gasteiger partial charge in [0.1, 0.15) is 18.2 Å². The number of aryl methyl sites for hydroxylation is 1. The van der Waals surface area contributed by atoms with Gasteiger partial charge in [0.25, 0.3) is 0 Å². The van der Waals surface area contributed by atoms with E-state index in [1.807, 2.05) is 85.8 Å². The van der Waals surface area contributed by atoms with Crippen molar-refractivity contribution in [1.82, 2.24) is 14.8 Å². The van der Waals surface area contributed by atoms with Gasteiger partial charge in [-0.3, -0.25) is 4.57 Å². The van der Waals surface area contributed by atoms with Crippen LogP contribution in [0.3, 0.4) is 0 Å². The van der Waals surface area contributed by atoms with Gasteiger partial charge in [0, 0.05) is 17.6 Å². The number of methoxy groups -OCH3 is 1. The Morgan fingerprint density at radius 1 is 0.951 bits per heavy atom. The lowest BCUT2D eigenvalue weighted by Crippen LogP contribution is -2.01. The van der Waals surface area contributed by atoms with Gasteiger partial charge in [0.05, 0.1) is 28.9 Å². The van der Waals surface area contributed by atoms with Gasteiger partial charge < -0.3 is 24.0 Å². The van der Waals surface area contributed by atoms with Gasteiger partial charge in [-0.25, -0.2) is 9.67 Å². The molecular weight excluding hydrogens is 561 g/mol. The molecule has 0 aliphatic carbocycles. The quantitative estimate of drug-likeness (QED) is 0.165. The van der Waals surface area contributed by atoms with Gasteiger partial charge in [0.2, 0.25) is 5.88 Å². The lowest BCUT2D eigenvalue weighted by atomic mass is 10.2. The molecule has 3 aromatic carbocycles. The Morgan fingerprint density at radius 2 is 1.68 bits per heavy atom. The molecule has 5 aromatic rings. The molecule has 41 heavy (non-hydrogen) atoms. The molecule has 2 aromatic heterocycles. The van der Waals surface area contributed by atoms with Crippen molar-refractivity contribution in [2.45, 2.75) is 20.1 Å². The highest BCUT2D eigenvalue weighted by Crippen LogP contribution is 2.38. The summed E-state index contributed by atoms with van der Waals surface area (Å²) in [6, 6.07) is 24.9. The number of thiazole rings is 1. The Balaban J connectivity index is 1.30. The number of para-hydroxylation sites is 1. The van der Waals surface area contributed by atoms with E-state index in [9.17, 15) is 14.4 Å². The van der Waals surface area contributed by atoms with Crippen molar-refractivity contribution in [1.29, 1.82) is 0 Å². The monoisotopic (exact) mass is 589 g/mol. The summed E-state index contributed by atoms with van der Waals surface area (Å²) in [5, 5.41) is 5.43. The van der Waals surface area contributed by atoms with Crippen molar-refractivity contribution in [3.63, 3.8) is 0 Å². The molecule has 0 aliphatic heterocycles. The molecule has 0 atom stereocenters. The molecule has 5 rings (SSSR count). The number of hydrogen-bond donors (Lipinski definition) is 2. The molecule has 0 unspecified atom stereocenters. The number of nitrogens with zero attached hydrogens (tertiary/aromatic N) is 3. The fourth-order valence-corrected chi connectivity index (χ4v) is 5.31. The van der Waals surface area contributed by atoms with Crippen LogP contribution in [0, 0.1) is 6.92 Å². The van der Waals surface area contributed by atoms with Gasteiger partial charge in [-0.1, -0.05) is 54.6 Å². The van der Waals surface area contributed by atoms with Crippen molar-refractivity contribution < 1.29 is 28.6 Å². The van der Waals surface area contributed by atoms with E-state index in [4.69, 9.17) is 19.2 Å². The molecule has 0 fully saturated rings. The van der Waals surface area contributed by atoms with Crippen LogP contribution in [0.2, 0.25) is 0 Å². The first-order valence-electron chi connectivity index (χ1n) is 12.6. The Hall–Kier alpha value is -4.21. The average molecular weight is 590 g/mol. The molecule has 0 bridgehead atoms. The molecule has 2 N–H and O–H groups in total. The smallest absolute Gasteiger partial charge is 0.349 e. The maximum atomic E-state index is 11.4. The first-order chi connectivity index (χ1) is 19.8. The maximum Gasteiger partial charge on any atom is 0.349 e. The van der Waals surface area contributed by atoms with Crippen LogP contribution in [0.25, 0.3) is 22.3 Å². The third-order valence-electron chi connectivity index (χ3n) is 6.05. The van der Waals surface area contributed by atoms with Crippen molar-refractivity contribution in [2.24, 2.45) is 0 Å². The van der Waals surface area contributed by atoms with E-state index in [1.165, 1.54) is 6.08 Å². The largest absolute Gasteiger partial charge is 0.493 e. The zero-order valence-corrected chi connectivity index (χ0v) is 24.1. The zero-order chi connectivity index (χ0) is 28.8. The summed E-state index contributed by atoms with van der Waals surface area (Å²) >= 11 is 1.60. The first-order valence-corrected chi connectivity index (χ1v) is 15.1. The van der Waals surface area contributed by atoms with Crippen molar-refractivity contribution >= 4 is 25.0 Å². The molecule has 0 saturated heterocycles. The van der Waals surface area contributed by atoms with Crippen LogP contribution in [-0.4, -0.2) is 31.7 Å². The van der Waals surface area contributed by atoms with E-state index >= 15 is 0 Å². The number of ether oxygens (including phenoxy) is 3. The van der Waals surface area contributed by atoms with E-state index in [0.29, 0.717) is 23.7 Å². The molecule has 11 heteroatoms. The number of benzene rings is 3. The van der Waals surface area contributed by atoms with Crippen LogP contribution in [-0.2, 0) is 17.8 Å². The van der Waals surface area contributed by atoms with Gasteiger partial charge >= 0.3 is 7.60 Å². The Morgan fingerprint density at radius 3 is 2.39 bits per heavy atom. The third-order valence-corrected chi connectivity index (χ3v) is 7.77. The van der Waals surface area contributed by atoms with Crippen molar-refractivity contribution in [3.05, 3.63) is 113 Å². The summed E-state index contributed by atoms with van der Waals surface area (Å²) in [6.07, 6.45) is 2.96. The van der Waals surface area contributed by atoms with Gasteiger partial charge in [-0.15, -0.1) is 16.4 Å². The lowest BCUT2D eigenvalue weighted by Gasteiger charge is -2.12. The van der Waals surface area contributed by atoms with Gasteiger partial charge in [-0.05, 0) is 42.8 Å². The summed E-state index contributed by atoms with van der Waals surface area (Å²) in [4.78, 5) is 24.3. The highest BCUT2D eigenvalue weighted by Gasteiger charge is 2.15. The topological polar surface area (TPSA) is 116 Å². The Labute approximate surface area is 241 Å². The number of hydrogen-bond acceptors (Lipinski definition) is 7. The number of aromatic nitrogens is 3. The minimum Gasteiger partial charge on any atom is -0.493 e. The molecule has 0 amide bonds. The van der Waals surface area contributed by atoms with E-state index in [-0.39, 0.29) is 12.5 Å². The van der Waals surface area contributed by atoms with E-state index in [2.05, 4.69) is 5.10 Å². The number of rotatable bonds is 11. The molecule has 0 saturated carbocycles. The second-order valence-electron chi connectivity index (χ2n) is 9.03. The molecule has 0 aliphatic rings. The highest BCUT2D eigenvalue weighted by molar-refractivity contribution is 7.55. The first kappa shape index (κ1) is 28.3. The molecule has 9 nitrogen and oxygen atoms in total. The maximum absolute atomic E-state index is 11.4. The second kappa shape index (κ2) is 12.5. The SMILES string of the molecule is COc1cc(COc2nn(-c3ccccc3)cc2/C=C/P(=O)(O)O)ccc1OCc1sc(-c2ccccc2)nc1C. The fraction of sp³-hybridized carbons (Fsp3) is 0.133. The van der Waals surface area contributed by atoms with Crippen molar-refractivity contribution in [2.75, 3.05) is 7.11 Å². The van der Waals surface area contributed by atoms with Crippen molar-refractivity contribution in [3.8, 4) is 33.6 Å². The summed E-state index contributed by atoms with van der Waals surface area (Å²) in [5.41, 5.74) is 4.01. The summed E-state index contributed by atoms with van der Waals surface area (Å²) in [5.74, 6) is 2.19. The minimum atomic E-state index is -4.36. The Bertz CT molecular complexity index is 1700. The summed E-state index contributed by atoms with van der Waals surface area (Å²) in [7, 11) is -2.79. The van der Waals surface area contributed by atoms with E-state index in [1.54, 1.807) is 29.3 Å². The molecular formula is C30H28N3O6PS. The fourth-order valence-electron chi connectivity index (χ4n) is 3.97. The van der Waals surface area contributed by atoms with Crippen LogP contribution in [0.15, 0.2) is 90.9 Å². The second-order valence-corrected chi connectivity index (χ2v) is 11.6. The summed E-state index contributed by atoms with van der Waals surface area (Å²) in [6.45, 7) is 2.48. The molecule has 2 heterocycles. The van der Waals surface area contributed by atoms with Crippen LogP contribution < -0.4 is 14.2 Å².